The molecule has 1 N–H and O–H groups in total. The number of aromatic nitrogens is 3. The summed E-state index contributed by atoms with van der Waals surface area (Å²) in [6.45, 7) is 2.86. The average molecular weight is 279 g/mol. The first-order chi connectivity index (χ1) is 9.19. The summed E-state index contributed by atoms with van der Waals surface area (Å²) in [7, 11) is 1.62. The minimum absolute atomic E-state index is 0.260. The number of nitrogens with zero attached hydrogens (tertiary/aromatic N) is 2. The summed E-state index contributed by atoms with van der Waals surface area (Å²) in [5.74, 6) is 0.607. The largest absolute Gasteiger partial charge is 0.481 e. The van der Waals surface area contributed by atoms with Gasteiger partial charge in [0, 0.05) is 18.7 Å². The topological polar surface area (TPSA) is 52.1 Å². The molecule has 0 aromatic carbocycles. The van der Waals surface area contributed by atoms with Crippen molar-refractivity contribution in [1.29, 1.82) is 0 Å². The number of pyridine rings is 1. The molecule has 6 heteroatoms. The second kappa shape index (κ2) is 4.94. The Morgan fingerprint density at radius 2 is 2.37 bits per heavy atom. The van der Waals surface area contributed by atoms with Gasteiger partial charge in [-0.3, -0.25) is 4.57 Å². The van der Waals surface area contributed by atoms with Crippen LogP contribution in [0.5, 0.6) is 5.88 Å². The molecule has 2 unspecified atom stereocenters. The first kappa shape index (κ1) is 12.6. The van der Waals surface area contributed by atoms with E-state index in [1.165, 1.54) is 0 Å². The van der Waals surface area contributed by atoms with Gasteiger partial charge < -0.3 is 14.5 Å². The molecule has 0 radical (unpaired) electrons. The van der Waals surface area contributed by atoms with Gasteiger partial charge >= 0.3 is 0 Å². The van der Waals surface area contributed by atoms with Crippen molar-refractivity contribution in [3.8, 4) is 5.88 Å². The molecule has 2 aromatic rings. The quantitative estimate of drug-likeness (QED) is 0.859. The van der Waals surface area contributed by atoms with E-state index in [0.717, 1.165) is 35.4 Å². The third-order valence-electron chi connectivity index (χ3n) is 3.57. The van der Waals surface area contributed by atoms with Gasteiger partial charge in [0.25, 0.3) is 0 Å². The van der Waals surface area contributed by atoms with Gasteiger partial charge in [-0.15, -0.1) is 0 Å². The summed E-state index contributed by atoms with van der Waals surface area (Å²) in [4.78, 5) is 7.73. The Balaban J connectivity index is 2.10. The Kier molecular flexibility index (Phi) is 3.28. The van der Waals surface area contributed by atoms with E-state index in [4.69, 9.17) is 21.7 Å². The zero-order valence-electron chi connectivity index (χ0n) is 11.0. The molecule has 0 bridgehead atoms. The predicted octanol–water partition coefficient (Wildman–Crippen LogP) is 2.84. The minimum Gasteiger partial charge on any atom is -0.481 e. The van der Waals surface area contributed by atoms with Gasteiger partial charge in [0.1, 0.15) is 0 Å². The third kappa shape index (κ3) is 2.26. The predicted molar refractivity (Wildman–Crippen MR) is 75.2 cm³/mol. The number of methoxy groups -OCH3 is 1. The molecular weight excluding hydrogens is 262 g/mol. The lowest BCUT2D eigenvalue weighted by Crippen LogP contribution is -2.25. The lowest BCUT2D eigenvalue weighted by molar-refractivity contribution is 0.00637. The van der Waals surface area contributed by atoms with Crippen LogP contribution in [0.4, 0.5) is 0 Å². The van der Waals surface area contributed by atoms with E-state index < -0.39 is 0 Å². The van der Waals surface area contributed by atoms with Gasteiger partial charge in [-0.2, -0.15) is 4.98 Å². The first-order valence-corrected chi connectivity index (χ1v) is 6.86. The van der Waals surface area contributed by atoms with Crippen molar-refractivity contribution < 1.29 is 9.47 Å². The zero-order valence-corrected chi connectivity index (χ0v) is 11.9. The molecule has 0 saturated carbocycles. The van der Waals surface area contributed by atoms with Crippen LogP contribution in [-0.4, -0.2) is 34.4 Å². The maximum atomic E-state index is 5.60. The SMILES string of the molecule is COc1ccc2[nH]c(=S)n(C3CCOC(C)C3)c2n1. The number of aromatic amines is 1. The number of hydrogen-bond donors (Lipinski definition) is 1. The lowest BCUT2D eigenvalue weighted by Gasteiger charge is -2.28. The van der Waals surface area contributed by atoms with Gasteiger partial charge in [-0.1, -0.05) is 0 Å². The number of fused-ring (bicyclic) bond motifs is 1. The molecule has 2 atom stereocenters. The van der Waals surface area contributed by atoms with E-state index in [9.17, 15) is 0 Å². The summed E-state index contributed by atoms with van der Waals surface area (Å²) in [5.41, 5.74) is 1.81. The second-order valence-electron chi connectivity index (χ2n) is 4.88. The van der Waals surface area contributed by atoms with Crippen LogP contribution in [0.25, 0.3) is 11.2 Å². The lowest BCUT2D eigenvalue weighted by atomic mass is 10.0. The molecular formula is C13H17N3O2S. The van der Waals surface area contributed by atoms with Crippen LogP contribution in [0.1, 0.15) is 25.8 Å². The van der Waals surface area contributed by atoms with Gasteiger partial charge in [-0.05, 0) is 38.0 Å². The minimum atomic E-state index is 0.260. The van der Waals surface area contributed by atoms with E-state index >= 15 is 0 Å². The fourth-order valence-electron chi connectivity index (χ4n) is 2.65. The van der Waals surface area contributed by atoms with Crippen LogP contribution in [-0.2, 0) is 4.74 Å². The van der Waals surface area contributed by atoms with Crippen LogP contribution in [0, 0.1) is 4.77 Å². The maximum Gasteiger partial charge on any atom is 0.215 e. The van der Waals surface area contributed by atoms with Gasteiger partial charge in [0.05, 0.1) is 18.7 Å². The van der Waals surface area contributed by atoms with Crippen LogP contribution < -0.4 is 4.74 Å². The molecule has 1 fully saturated rings. The summed E-state index contributed by atoms with van der Waals surface area (Å²) < 4.78 is 13.6. The molecule has 3 heterocycles. The van der Waals surface area contributed by atoms with Crippen LogP contribution in [0.15, 0.2) is 12.1 Å². The first-order valence-electron chi connectivity index (χ1n) is 6.46. The second-order valence-corrected chi connectivity index (χ2v) is 5.27. The van der Waals surface area contributed by atoms with E-state index in [1.54, 1.807) is 7.11 Å². The van der Waals surface area contributed by atoms with Crippen molar-refractivity contribution in [1.82, 2.24) is 14.5 Å². The standard InChI is InChI=1S/C13H17N3O2S/c1-8-7-9(5-6-18-8)16-12-10(14-13(16)19)3-4-11(15-12)17-2/h3-4,8-9H,5-7H2,1-2H3,(H,14,19). The van der Waals surface area contributed by atoms with Crippen molar-refractivity contribution >= 4 is 23.4 Å². The number of hydrogen-bond acceptors (Lipinski definition) is 4. The highest BCUT2D eigenvalue weighted by Gasteiger charge is 2.23. The molecule has 0 aliphatic carbocycles. The number of rotatable bonds is 2. The van der Waals surface area contributed by atoms with Crippen LogP contribution in [0.3, 0.4) is 0 Å². The van der Waals surface area contributed by atoms with Gasteiger partial charge in [0.15, 0.2) is 10.4 Å². The normalized spacial score (nSPS) is 23.7. The monoisotopic (exact) mass is 279 g/mol. The fraction of sp³-hybridized carbons (Fsp3) is 0.538. The van der Waals surface area contributed by atoms with Crippen molar-refractivity contribution in [2.45, 2.75) is 31.9 Å². The molecule has 0 amide bonds. The van der Waals surface area contributed by atoms with Crippen molar-refractivity contribution in [2.75, 3.05) is 13.7 Å². The molecule has 0 spiro atoms. The molecule has 5 nitrogen and oxygen atoms in total. The maximum absolute atomic E-state index is 5.60. The highest BCUT2D eigenvalue weighted by Crippen LogP contribution is 2.29. The van der Waals surface area contributed by atoms with Crippen LogP contribution in [0.2, 0.25) is 0 Å². The average Bonchev–Trinajstić information content (AvgIpc) is 2.73. The van der Waals surface area contributed by atoms with E-state index in [1.807, 2.05) is 12.1 Å². The molecule has 102 valence electrons. The van der Waals surface area contributed by atoms with Gasteiger partial charge in [0.2, 0.25) is 5.88 Å². The Labute approximate surface area is 116 Å². The van der Waals surface area contributed by atoms with Gasteiger partial charge in [-0.25, -0.2) is 0 Å². The Morgan fingerprint density at radius 3 is 3.11 bits per heavy atom. The van der Waals surface area contributed by atoms with E-state index in [2.05, 4.69) is 21.5 Å². The Morgan fingerprint density at radius 1 is 1.53 bits per heavy atom. The van der Waals surface area contributed by atoms with Crippen molar-refractivity contribution in [2.24, 2.45) is 0 Å². The summed E-state index contributed by atoms with van der Waals surface area (Å²) >= 11 is 5.44. The number of H-pyrrole nitrogens is 1. The van der Waals surface area contributed by atoms with Crippen molar-refractivity contribution in [3.05, 3.63) is 16.9 Å². The molecule has 1 saturated heterocycles. The van der Waals surface area contributed by atoms with Crippen LogP contribution >= 0.6 is 12.2 Å². The third-order valence-corrected chi connectivity index (χ3v) is 3.87. The molecule has 2 aromatic heterocycles. The van der Waals surface area contributed by atoms with Crippen molar-refractivity contribution in [3.63, 3.8) is 0 Å². The molecule has 1 aliphatic heterocycles. The number of ether oxygens (including phenoxy) is 2. The summed E-state index contributed by atoms with van der Waals surface area (Å²) in [6, 6.07) is 4.13. The summed E-state index contributed by atoms with van der Waals surface area (Å²) in [6.07, 6.45) is 2.18. The highest BCUT2D eigenvalue weighted by atomic mass is 32.1. The molecule has 19 heavy (non-hydrogen) atoms. The zero-order chi connectivity index (χ0) is 13.4. The fourth-order valence-corrected chi connectivity index (χ4v) is 2.99. The van der Waals surface area contributed by atoms with E-state index in [0.29, 0.717) is 11.9 Å². The Hall–Kier alpha value is -1.40. The smallest absolute Gasteiger partial charge is 0.215 e. The number of nitrogens with one attached hydrogen (secondary N) is 1. The molecule has 1 aliphatic rings. The van der Waals surface area contributed by atoms with E-state index in [-0.39, 0.29) is 6.10 Å². The highest BCUT2D eigenvalue weighted by molar-refractivity contribution is 7.71. The Bertz CT molecular complexity index is 649. The number of imidazole rings is 1. The molecule has 3 rings (SSSR count). The summed E-state index contributed by atoms with van der Waals surface area (Å²) in [5, 5.41) is 0.